The molecule has 0 unspecified atom stereocenters. The van der Waals surface area contributed by atoms with Crippen molar-refractivity contribution in [2.24, 2.45) is 0 Å². The highest BCUT2D eigenvalue weighted by Gasteiger charge is 2.17. The first kappa shape index (κ1) is 8.52. The minimum atomic E-state index is -2.86. The number of hydrogen-bond donors (Lipinski definition) is 0. The molecule has 0 aromatic carbocycles. The predicted octanol–water partition coefficient (Wildman–Crippen LogP) is -0.737. The third-order valence-electron chi connectivity index (χ3n) is 1.74. The first-order valence-corrected chi connectivity index (χ1v) is 5.36. The number of sulfone groups is 1. The van der Waals surface area contributed by atoms with E-state index < -0.39 is 9.84 Å². The summed E-state index contributed by atoms with van der Waals surface area (Å²) in [6.45, 7) is 0.925. The maximum Gasteiger partial charge on any atom is 0.209 e. The molecule has 0 saturated carbocycles. The molecule has 0 N–H and O–H groups in total. The van der Waals surface area contributed by atoms with E-state index in [4.69, 9.17) is 0 Å². The highest BCUT2D eigenvalue weighted by Crippen LogP contribution is 2.02. The summed E-state index contributed by atoms with van der Waals surface area (Å²) in [5.41, 5.74) is 0. The predicted molar refractivity (Wildman–Crippen MR) is 40.9 cm³/mol. The number of carbonyl (C=O) groups is 1. The van der Waals surface area contributed by atoms with Gasteiger partial charge < -0.3 is 4.90 Å². The number of carbonyl (C=O) groups excluding carboxylic acids is 1. The van der Waals surface area contributed by atoms with E-state index >= 15 is 0 Å². The molecule has 1 fully saturated rings. The lowest BCUT2D eigenvalue weighted by molar-refractivity contribution is -0.117. The fraction of sp³-hybridized carbons (Fsp3) is 0.833. The molecule has 0 spiro atoms. The van der Waals surface area contributed by atoms with E-state index in [0.29, 0.717) is 25.9 Å². The van der Waals surface area contributed by atoms with Crippen molar-refractivity contribution >= 4 is 16.2 Å². The van der Waals surface area contributed by atoms with Gasteiger partial charge in [0.05, 0.1) is 11.5 Å². The molecule has 0 aromatic heterocycles. The zero-order chi connectivity index (χ0) is 8.32. The standard InChI is InChI=1S/C6H11NO3S/c8-6-7-2-1-4-11(9,10)5-3-7/h6H,1-5H2. The molecular weight excluding hydrogens is 166 g/mol. The molecule has 1 aliphatic heterocycles. The zero-order valence-corrected chi connectivity index (χ0v) is 7.01. The lowest BCUT2D eigenvalue weighted by Crippen LogP contribution is -2.25. The largest absolute Gasteiger partial charge is 0.344 e. The second kappa shape index (κ2) is 3.21. The Balaban J connectivity index is 2.59. The van der Waals surface area contributed by atoms with Crippen molar-refractivity contribution in [3.63, 3.8) is 0 Å². The summed E-state index contributed by atoms with van der Waals surface area (Å²) in [6.07, 6.45) is 1.28. The van der Waals surface area contributed by atoms with Gasteiger partial charge >= 0.3 is 0 Å². The third-order valence-corrected chi connectivity index (χ3v) is 3.45. The number of hydrogen-bond acceptors (Lipinski definition) is 3. The van der Waals surface area contributed by atoms with Gasteiger partial charge in [-0.3, -0.25) is 4.79 Å². The van der Waals surface area contributed by atoms with Crippen molar-refractivity contribution in [1.29, 1.82) is 0 Å². The van der Waals surface area contributed by atoms with E-state index in [2.05, 4.69) is 0 Å². The van der Waals surface area contributed by atoms with Gasteiger partial charge in [0.1, 0.15) is 0 Å². The zero-order valence-electron chi connectivity index (χ0n) is 6.19. The van der Waals surface area contributed by atoms with E-state index in [1.807, 2.05) is 0 Å². The van der Waals surface area contributed by atoms with Crippen LogP contribution in [0.15, 0.2) is 0 Å². The second-order valence-corrected chi connectivity index (χ2v) is 4.95. The van der Waals surface area contributed by atoms with E-state index in [-0.39, 0.29) is 11.5 Å². The quantitative estimate of drug-likeness (QED) is 0.496. The molecule has 1 amide bonds. The van der Waals surface area contributed by atoms with Crippen molar-refractivity contribution in [3.8, 4) is 0 Å². The van der Waals surface area contributed by atoms with Gasteiger partial charge in [-0.15, -0.1) is 0 Å². The summed E-state index contributed by atoms with van der Waals surface area (Å²) < 4.78 is 22.0. The monoisotopic (exact) mass is 177 g/mol. The van der Waals surface area contributed by atoms with E-state index in [9.17, 15) is 13.2 Å². The van der Waals surface area contributed by atoms with Gasteiger partial charge in [0.15, 0.2) is 9.84 Å². The van der Waals surface area contributed by atoms with Crippen LogP contribution in [0, 0.1) is 0 Å². The van der Waals surface area contributed by atoms with Gasteiger partial charge in [0.2, 0.25) is 6.41 Å². The van der Waals surface area contributed by atoms with Crippen molar-refractivity contribution in [3.05, 3.63) is 0 Å². The highest BCUT2D eigenvalue weighted by atomic mass is 32.2. The molecule has 4 nitrogen and oxygen atoms in total. The Labute approximate surface area is 66.1 Å². The Hall–Kier alpha value is -0.580. The summed E-state index contributed by atoms with van der Waals surface area (Å²) in [4.78, 5) is 11.8. The summed E-state index contributed by atoms with van der Waals surface area (Å²) in [5, 5.41) is 0. The van der Waals surface area contributed by atoms with Crippen LogP contribution in [0.4, 0.5) is 0 Å². The van der Waals surface area contributed by atoms with E-state index in [0.717, 1.165) is 0 Å². The lowest BCUT2D eigenvalue weighted by atomic mass is 10.4. The Kier molecular flexibility index (Phi) is 2.49. The topological polar surface area (TPSA) is 54.5 Å². The molecular formula is C6H11NO3S. The maximum absolute atomic E-state index is 11.0. The van der Waals surface area contributed by atoms with Crippen LogP contribution in [0.3, 0.4) is 0 Å². The minimum absolute atomic E-state index is 0.117. The normalized spacial score (nSPS) is 24.2. The van der Waals surface area contributed by atoms with Crippen LogP contribution in [-0.2, 0) is 14.6 Å². The average Bonchev–Trinajstić information content (AvgIpc) is 2.10. The van der Waals surface area contributed by atoms with E-state index in [1.54, 1.807) is 0 Å². The Morgan fingerprint density at radius 1 is 1.18 bits per heavy atom. The fourth-order valence-electron chi connectivity index (χ4n) is 1.06. The molecule has 1 saturated heterocycles. The van der Waals surface area contributed by atoms with Crippen LogP contribution >= 0.6 is 0 Å². The van der Waals surface area contributed by atoms with Crippen LogP contribution < -0.4 is 0 Å². The Bertz CT molecular complexity index is 234. The highest BCUT2D eigenvalue weighted by molar-refractivity contribution is 7.91. The first-order chi connectivity index (χ1) is 5.14. The van der Waals surface area contributed by atoms with Gasteiger partial charge in [0.25, 0.3) is 0 Å². The first-order valence-electron chi connectivity index (χ1n) is 3.54. The lowest BCUT2D eigenvalue weighted by Gasteiger charge is -2.10. The van der Waals surface area contributed by atoms with Gasteiger partial charge in [0, 0.05) is 13.1 Å². The molecule has 0 bridgehead atoms. The maximum atomic E-state index is 11.0. The minimum Gasteiger partial charge on any atom is -0.344 e. The van der Waals surface area contributed by atoms with Gasteiger partial charge in [-0.2, -0.15) is 0 Å². The Morgan fingerprint density at radius 3 is 2.55 bits per heavy atom. The van der Waals surface area contributed by atoms with Crippen molar-refractivity contribution < 1.29 is 13.2 Å². The molecule has 0 aromatic rings. The van der Waals surface area contributed by atoms with Gasteiger partial charge in [-0.05, 0) is 6.42 Å². The number of rotatable bonds is 1. The fourth-order valence-corrected chi connectivity index (χ4v) is 2.35. The van der Waals surface area contributed by atoms with Crippen LogP contribution in [0.2, 0.25) is 0 Å². The molecule has 1 rings (SSSR count). The molecule has 0 aliphatic carbocycles. The van der Waals surface area contributed by atoms with Gasteiger partial charge in [-0.25, -0.2) is 8.42 Å². The third kappa shape index (κ3) is 2.49. The van der Waals surface area contributed by atoms with Crippen LogP contribution in [0.5, 0.6) is 0 Å². The van der Waals surface area contributed by atoms with Crippen molar-refractivity contribution in [2.45, 2.75) is 6.42 Å². The molecule has 0 radical (unpaired) electrons. The second-order valence-electron chi connectivity index (χ2n) is 2.65. The number of amides is 1. The average molecular weight is 177 g/mol. The Morgan fingerprint density at radius 2 is 1.91 bits per heavy atom. The molecule has 0 atom stereocenters. The smallest absolute Gasteiger partial charge is 0.209 e. The van der Waals surface area contributed by atoms with Crippen LogP contribution in [-0.4, -0.2) is 44.3 Å². The van der Waals surface area contributed by atoms with Gasteiger partial charge in [-0.1, -0.05) is 0 Å². The summed E-state index contributed by atoms with van der Waals surface area (Å²) >= 11 is 0. The molecule has 1 heterocycles. The SMILES string of the molecule is O=CN1CCCS(=O)(=O)CC1. The van der Waals surface area contributed by atoms with Crippen molar-refractivity contribution in [2.75, 3.05) is 24.6 Å². The van der Waals surface area contributed by atoms with Crippen molar-refractivity contribution in [1.82, 2.24) is 4.90 Å². The van der Waals surface area contributed by atoms with Crippen LogP contribution in [0.1, 0.15) is 6.42 Å². The molecule has 1 aliphatic rings. The summed E-state index contributed by atoms with van der Waals surface area (Å²) in [5.74, 6) is 0.336. The summed E-state index contributed by atoms with van der Waals surface area (Å²) in [7, 11) is -2.86. The van der Waals surface area contributed by atoms with E-state index in [1.165, 1.54) is 4.90 Å². The molecule has 64 valence electrons. The summed E-state index contributed by atoms with van der Waals surface area (Å²) in [6, 6.07) is 0. The number of nitrogens with zero attached hydrogens (tertiary/aromatic N) is 1. The van der Waals surface area contributed by atoms with Crippen LogP contribution in [0.25, 0.3) is 0 Å². The molecule has 11 heavy (non-hydrogen) atoms. The molecule has 5 heteroatoms.